The second-order valence-corrected chi connectivity index (χ2v) is 5.47. The van der Waals surface area contributed by atoms with Gasteiger partial charge in [0.2, 0.25) is 5.91 Å². The van der Waals surface area contributed by atoms with Gasteiger partial charge in [-0.15, -0.1) is 0 Å². The average molecular weight is 260 g/mol. The minimum absolute atomic E-state index is 0.160. The zero-order valence-electron chi connectivity index (χ0n) is 11.3. The Hall–Kier alpha value is -1.55. The lowest BCUT2D eigenvalue weighted by Crippen LogP contribution is -2.39. The Labute approximate surface area is 113 Å². The molecule has 4 nitrogen and oxygen atoms in total. The van der Waals surface area contributed by atoms with Crippen LogP contribution in [0.5, 0.6) is 0 Å². The Bertz CT molecular complexity index is 500. The molecule has 1 aromatic heterocycles. The highest BCUT2D eigenvalue weighted by molar-refractivity contribution is 5.78. The van der Waals surface area contributed by atoms with Crippen molar-refractivity contribution in [3.05, 3.63) is 29.7 Å². The van der Waals surface area contributed by atoms with E-state index in [1.54, 1.807) is 0 Å². The molecule has 3 rings (SSSR count). The SMILES string of the molecule is Cc1ccc(C2=CCN(CC(=O)NC3CC3)CC2)o1. The Kier molecular flexibility index (Phi) is 3.42. The number of carbonyl (C=O) groups is 1. The number of aryl methyl sites for hydroxylation is 1. The molecule has 1 saturated carbocycles. The standard InChI is InChI=1S/C15H20N2O2/c1-11-2-5-14(19-11)12-6-8-17(9-7-12)10-15(18)16-13-3-4-13/h2,5-6,13H,3-4,7-10H2,1H3,(H,16,18). The van der Waals surface area contributed by atoms with Crippen molar-refractivity contribution < 1.29 is 9.21 Å². The van der Waals surface area contributed by atoms with Crippen molar-refractivity contribution in [2.24, 2.45) is 0 Å². The lowest BCUT2D eigenvalue weighted by Gasteiger charge is -2.25. The van der Waals surface area contributed by atoms with E-state index in [-0.39, 0.29) is 5.91 Å². The summed E-state index contributed by atoms with van der Waals surface area (Å²) in [4.78, 5) is 13.9. The average Bonchev–Trinajstić information content (AvgIpc) is 3.09. The van der Waals surface area contributed by atoms with E-state index in [2.05, 4.69) is 16.3 Å². The summed E-state index contributed by atoms with van der Waals surface area (Å²) in [5.74, 6) is 2.08. The first-order chi connectivity index (χ1) is 9.20. The maximum absolute atomic E-state index is 11.7. The quantitative estimate of drug-likeness (QED) is 0.900. The second kappa shape index (κ2) is 5.21. The zero-order valence-corrected chi connectivity index (χ0v) is 11.3. The van der Waals surface area contributed by atoms with Crippen molar-refractivity contribution in [3.63, 3.8) is 0 Å². The molecule has 0 radical (unpaired) electrons. The van der Waals surface area contributed by atoms with E-state index in [0.717, 1.165) is 43.9 Å². The van der Waals surface area contributed by atoms with Crippen molar-refractivity contribution in [2.45, 2.75) is 32.2 Å². The summed E-state index contributed by atoms with van der Waals surface area (Å²) in [7, 11) is 0. The number of rotatable bonds is 4. The molecule has 0 aromatic carbocycles. The molecule has 2 heterocycles. The Morgan fingerprint density at radius 1 is 1.47 bits per heavy atom. The van der Waals surface area contributed by atoms with E-state index in [1.165, 1.54) is 5.57 Å². The molecule has 0 unspecified atom stereocenters. The molecule has 0 bridgehead atoms. The first kappa shape index (κ1) is 12.5. The molecule has 2 aliphatic rings. The normalized spacial score (nSPS) is 20.2. The molecule has 19 heavy (non-hydrogen) atoms. The predicted octanol–water partition coefficient (Wildman–Crippen LogP) is 1.96. The van der Waals surface area contributed by atoms with Crippen LogP contribution in [0.4, 0.5) is 0 Å². The Morgan fingerprint density at radius 3 is 2.89 bits per heavy atom. The number of amides is 1. The number of furan rings is 1. The molecule has 1 N–H and O–H groups in total. The van der Waals surface area contributed by atoms with Crippen molar-refractivity contribution in [1.29, 1.82) is 0 Å². The van der Waals surface area contributed by atoms with Crippen LogP contribution in [0.2, 0.25) is 0 Å². The van der Waals surface area contributed by atoms with Gasteiger partial charge in [0.15, 0.2) is 0 Å². The van der Waals surface area contributed by atoms with E-state index < -0.39 is 0 Å². The van der Waals surface area contributed by atoms with Gasteiger partial charge < -0.3 is 9.73 Å². The highest BCUT2D eigenvalue weighted by atomic mass is 16.3. The number of hydrogen-bond acceptors (Lipinski definition) is 3. The molecular weight excluding hydrogens is 240 g/mol. The van der Waals surface area contributed by atoms with Gasteiger partial charge in [-0.2, -0.15) is 0 Å². The topological polar surface area (TPSA) is 45.5 Å². The van der Waals surface area contributed by atoms with Gasteiger partial charge in [-0.1, -0.05) is 6.08 Å². The minimum Gasteiger partial charge on any atom is -0.462 e. The van der Waals surface area contributed by atoms with Crippen molar-refractivity contribution >= 4 is 11.5 Å². The van der Waals surface area contributed by atoms with E-state index in [1.807, 2.05) is 19.1 Å². The Morgan fingerprint density at radius 2 is 2.32 bits per heavy atom. The van der Waals surface area contributed by atoms with Gasteiger partial charge >= 0.3 is 0 Å². The third-order valence-corrected chi connectivity index (χ3v) is 3.66. The summed E-state index contributed by atoms with van der Waals surface area (Å²) in [6.07, 6.45) is 5.41. The van der Waals surface area contributed by atoms with Crippen molar-refractivity contribution in [2.75, 3.05) is 19.6 Å². The van der Waals surface area contributed by atoms with E-state index in [4.69, 9.17) is 4.42 Å². The van der Waals surface area contributed by atoms with Gasteiger partial charge in [0.1, 0.15) is 11.5 Å². The highest BCUT2D eigenvalue weighted by Gasteiger charge is 2.24. The maximum atomic E-state index is 11.7. The van der Waals surface area contributed by atoms with Crippen LogP contribution >= 0.6 is 0 Å². The molecular formula is C15H20N2O2. The lowest BCUT2D eigenvalue weighted by atomic mass is 10.1. The van der Waals surface area contributed by atoms with Crippen LogP contribution in [0.15, 0.2) is 22.6 Å². The van der Waals surface area contributed by atoms with Gasteiger partial charge in [-0.25, -0.2) is 0 Å². The van der Waals surface area contributed by atoms with Gasteiger partial charge in [0.25, 0.3) is 0 Å². The third-order valence-electron chi connectivity index (χ3n) is 3.66. The molecule has 102 valence electrons. The largest absolute Gasteiger partial charge is 0.462 e. The summed E-state index contributed by atoms with van der Waals surface area (Å²) in [6.45, 7) is 4.22. The molecule has 4 heteroatoms. The van der Waals surface area contributed by atoms with Crippen LogP contribution in [-0.2, 0) is 4.79 Å². The number of carbonyl (C=O) groups excluding carboxylic acids is 1. The molecule has 0 spiro atoms. The van der Waals surface area contributed by atoms with Gasteiger partial charge in [-0.05, 0) is 43.9 Å². The van der Waals surface area contributed by atoms with E-state index in [0.29, 0.717) is 12.6 Å². The van der Waals surface area contributed by atoms with Gasteiger partial charge in [0.05, 0.1) is 6.54 Å². The van der Waals surface area contributed by atoms with Crippen LogP contribution in [0, 0.1) is 6.92 Å². The fourth-order valence-corrected chi connectivity index (χ4v) is 2.39. The fourth-order valence-electron chi connectivity index (χ4n) is 2.39. The van der Waals surface area contributed by atoms with Crippen LogP contribution in [0.25, 0.3) is 5.57 Å². The maximum Gasteiger partial charge on any atom is 0.234 e. The first-order valence-electron chi connectivity index (χ1n) is 6.98. The molecule has 1 fully saturated rings. The van der Waals surface area contributed by atoms with Crippen LogP contribution in [0.1, 0.15) is 30.8 Å². The summed E-state index contributed by atoms with van der Waals surface area (Å²) in [5, 5.41) is 3.03. The molecule has 0 saturated heterocycles. The monoisotopic (exact) mass is 260 g/mol. The summed E-state index contributed by atoms with van der Waals surface area (Å²) in [5.41, 5.74) is 1.26. The molecule has 1 amide bonds. The van der Waals surface area contributed by atoms with Crippen LogP contribution < -0.4 is 5.32 Å². The number of hydrogen-bond donors (Lipinski definition) is 1. The smallest absolute Gasteiger partial charge is 0.234 e. The summed E-state index contributed by atoms with van der Waals surface area (Å²) >= 11 is 0. The van der Waals surface area contributed by atoms with Crippen LogP contribution in [-0.4, -0.2) is 36.5 Å². The lowest BCUT2D eigenvalue weighted by molar-refractivity contribution is -0.122. The van der Waals surface area contributed by atoms with Crippen molar-refractivity contribution in [1.82, 2.24) is 10.2 Å². The first-order valence-corrected chi connectivity index (χ1v) is 6.98. The van der Waals surface area contributed by atoms with Crippen molar-refractivity contribution in [3.8, 4) is 0 Å². The fraction of sp³-hybridized carbons (Fsp3) is 0.533. The van der Waals surface area contributed by atoms with E-state index in [9.17, 15) is 4.79 Å². The zero-order chi connectivity index (χ0) is 13.2. The molecule has 1 aromatic rings. The number of nitrogens with one attached hydrogen (secondary N) is 1. The minimum atomic E-state index is 0.160. The summed E-state index contributed by atoms with van der Waals surface area (Å²) < 4.78 is 5.63. The number of nitrogens with zero attached hydrogens (tertiary/aromatic N) is 1. The van der Waals surface area contributed by atoms with Gasteiger partial charge in [-0.3, -0.25) is 9.69 Å². The highest BCUT2D eigenvalue weighted by Crippen LogP contribution is 2.24. The Balaban J connectivity index is 1.52. The molecule has 1 aliphatic carbocycles. The third kappa shape index (κ3) is 3.26. The second-order valence-electron chi connectivity index (χ2n) is 5.47. The summed E-state index contributed by atoms with van der Waals surface area (Å²) in [6, 6.07) is 4.47. The molecule has 0 atom stereocenters. The molecule has 1 aliphatic heterocycles. The van der Waals surface area contributed by atoms with E-state index >= 15 is 0 Å². The van der Waals surface area contributed by atoms with Crippen LogP contribution in [0.3, 0.4) is 0 Å². The predicted molar refractivity (Wildman–Crippen MR) is 73.6 cm³/mol. The van der Waals surface area contributed by atoms with Gasteiger partial charge in [0, 0.05) is 19.1 Å².